The number of hydrogen-bond acceptors (Lipinski definition) is 2. The summed E-state index contributed by atoms with van der Waals surface area (Å²) in [5, 5.41) is 0.365. The normalized spacial score (nSPS) is 16.1. The quantitative estimate of drug-likeness (QED) is 0.769. The lowest BCUT2D eigenvalue weighted by atomic mass is 10.2. The highest BCUT2D eigenvalue weighted by molar-refractivity contribution is 7.80. The summed E-state index contributed by atoms with van der Waals surface area (Å²) in [6.07, 6.45) is 0. The molecule has 1 aliphatic rings. The van der Waals surface area contributed by atoms with Gasteiger partial charge in [0.05, 0.1) is 5.69 Å². The molecule has 1 heterocycles. The first kappa shape index (κ1) is 12.0. The van der Waals surface area contributed by atoms with Crippen LogP contribution in [0.4, 0.5) is 14.5 Å². The predicted molar refractivity (Wildman–Crippen MR) is 66.9 cm³/mol. The van der Waals surface area contributed by atoms with Crippen molar-refractivity contribution in [1.29, 1.82) is 0 Å². The largest absolute Gasteiger partial charge is 0.376 e. The van der Waals surface area contributed by atoms with Gasteiger partial charge in [-0.2, -0.15) is 0 Å². The second-order valence-corrected chi connectivity index (χ2v) is 4.33. The number of benzene rings is 1. The number of nitrogens with zero attached hydrogens (tertiary/aromatic N) is 2. The fourth-order valence-corrected chi connectivity index (χ4v) is 2.09. The summed E-state index contributed by atoms with van der Waals surface area (Å²) < 4.78 is 26.3. The average Bonchev–Trinajstić information content (AvgIpc) is 2.29. The Morgan fingerprint density at radius 1 is 1.18 bits per heavy atom. The van der Waals surface area contributed by atoms with Crippen LogP contribution in [0, 0.1) is 11.6 Å². The molecule has 0 aromatic heterocycles. The van der Waals surface area contributed by atoms with Crippen molar-refractivity contribution in [2.24, 2.45) is 5.73 Å². The molecule has 6 heteroatoms. The minimum atomic E-state index is -0.562. The number of nitrogens with two attached hydrogens (primary N) is 1. The molecule has 3 nitrogen and oxygen atoms in total. The van der Waals surface area contributed by atoms with E-state index in [1.54, 1.807) is 0 Å². The van der Waals surface area contributed by atoms with Gasteiger partial charge in [0.15, 0.2) is 5.11 Å². The maximum Gasteiger partial charge on any atom is 0.166 e. The van der Waals surface area contributed by atoms with Crippen LogP contribution in [0.25, 0.3) is 0 Å². The second-order valence-electron chi connectivity index (χ2n) is 3.91. The highest BCUT2D eigenvalue weighted by Gasteiger charge is 2.19. The molecule has 0 saturated carbocycles. The Bertz CT molecular complexity index is 431. The molecule has 0 atom stereocenters. The van der Waals surface area contributed by atoms with E-state index in [4.69, 9.17) is 18.0 Å². The lowest BCUT2D eigenvalue weighted by molar-refractivity contribution is 0.386. The summed E-state index contributed by atoms with van der Waals surface area (Å²) in [6.45, 7) is 2.57. The van der Waals surface area contributed by atoms with E-state index in [1.165, 1.54) is 12.1 Å². The summed E-state index contributed by atoms with van der Waals surface area (Å²) in [7, 11) is 0. The Kier molecular flexibility index (Phi) is 3.42. The van der Waals surface area contributed by atoms with Gasteiger partial charge in [0.1, 0.15) is 11.6 Å². The Morgan fingerprint density at radius 3 is 2.35 bits per heavy atom. The molecule has 1 aromatic carbocycles. The molecule has 0 aliphatic carbocycles. The lowest BCUT2D eigenvalue weighted by Gasteiger charge is -2.36. The van der Waals surface area contributed by atoms with Crippen LogP contribution in [0.1, 0.15) is 0 Å². The minimum Gasteiger partial charge on any atom is -0.376 e. The number of piperazine rings is 1. The number of rotatable bonds is 1. The van der Waals surface area contributed by atoms with Crippen molar-refractivity contribution in [3.63, 3.8) is 0 Å². The SMILES string of the molecule is NC(=S)N1CCN(c2ccc(F)cc2F)CC1. The minimum absolute atomic E-state index is 0.365. The highest BCUT2D eigenvalue weighted by Crippen LogP contribution is 2.21. The summed E-state index contributed by atoms with van der Waals surface area (Å²) in [5.74, 6) is -1.10. The number of hydrogen-bond donors (Lipinski definition) is 1. The molecule has 0 amide bonds. The van der Waals surface area contributed by atoms with Gasteiger partial charge in [-0.05, 0) is 24.4 Å². The summed E-state index contributed by atoms with van der Waals surface area (Å²) in [6, 6.07) is 3.62. The standard InChI is InChI=1S/C11H13F2N3S/c12-8-1-2-10(9(13)7-8)15-3-5-16(6-4-15)11(14)17/h1-2,7H,3-6H2,(H2,14,17). The first-order valence-electron chi connectivity index (χ1n) is 5.32. The van der Waals surface area contributed by atoms with E-state index in [0.717, 1.165) is 6.07 Å². The zero-order valence-electron chi connectivity index (χ0n) is 9.20. The van der Waals surface area contributed by atoms with Gasteiger partial charge in [-0.3, -0.25) is 0 Å². The molecule has 0 spiro atoms. The lowest BCUT2D eigenvalue weighted by Crippen LogP contribution is -2.50. The number of thiocarbonyl (C=S) groups is 1. The molecule has 1 aromatic rings. The van der Waals surface area contributed by atoms with Gasteiger partial charge in [0.2, 0.25) is 0 Å². The molecule has 17 heavy (non-hydrogen) atoms. The van der Waals surface area contributed by atoms with Gasteiger partial charge >= 0.3 is 0 Å². The average molecular weight is 257 g/mol. The van der Waals surface area contributed by atoms with Crippen molar-refractivity contribution in [2.45, 2.75) is 0 Å². The monoisotopic (exact) mass is 257 g/mol. The van der Waals surface area contributed by atoms with Gasteiger partial charge in [-0.1, -0.05) is 0 Å². The molecule has 0 radical (unpaired) electrons. The molecule has 0 bridgehead atoms. The Hall–Kier alpha value is -1.43. The van der Waals surface area contributed by atoms with Crippen LogP contribution in [-0.2, 0) is 0 Å². The fraction of sp³-hybridized carbons (Fsp3) is 0.364. The Balaban J connectivity index is 2.08. The van der Waals surface area contributed by atoms with Crippen molar-refractivity contribution in [3.05, 3.63) is 29.8 Å². The zero-order chi connectivity index (χ0) is 12.4. The van der Waals surface area contributed by atoms with Crippen molar-refractivity contribution in [1.82, 2.24) is 4.90 Å². The van der Waals surface area contributed by atoms with Gasteiger partial charge in [0.25, 0.3) is 0 Å². The van der Waals surface area contributed by atoms with E-state index in [1.807, 2.05) is 9.80 Å². The van der Waals surface area contributed by atoms with Gasteiger partial charge in [0, 0.05) is 32.2 Å². The van der Waals surface area contributed by atoms with E-state index in [-0.39, 0.29) is 0 Å². The molecule has 0 unspecified atom stereocenters. The second kappa shape index (κ2) is 4.83. The maximum atomic E-state index is 13.5. The summed E-state index contributed by atoms with van der Waals surface area (Å²) in [5.41, 5.74) is 5.94. The first-order valence-corrected chi connectivity index (χ1v) is 5.73. The molecular formula is C11H13F2N3S. The van der Waals surface area contributed by atoms with Crippen LogP contribution in [0.5, 0.6) is 0 Å². The van der Waals surface area contributed by atoms with Gasteiger partial charge in [-0.25, -0.2) is 8.78 Å². The van der Waals surface area contributed by atoms with E-state index in [0.29, 0.717) is 37.0 Å². The summed E-state index contributed by atoms with van der Waals surface area (Å²) >= 11 is 4.88. The maximum absolute atomic E-state index is 13.5. The van der Waals surface area contributed by atoms with Crippen LogP contribution < -0.4 is 10.6 Å². The Labute approximate surface area is 104 Å². The Morgan fingerprint density at radius 2 is 1.82 bits per heavy atom. The molecule has 1 fully saturated rings. The summed E-state index contributed by atoms with van der Waals surface area (Å²) in [4.78, 5) is 3.73. The third-order valence-electron chi connectivity index (χ3n) is 2.84. The van der Waals surface area contributed by atoms with E-state index < -0.39 is 11.6 Å². The van der Waals surface area contributed by atoms with Crippen LogP contribution in [-0.4, -0.2) is 36.2 Å². The number of halogens is 2. The molecule has 2 N–H and O–H groups in total. The van der Waals surface area contributed by atoms with Crippen LogP contribution in [0.3, 0.4) is 0 Å². The molecular weight excluding hydrogens is 244 g/mol. The molecule has 2 rings (SSSR count). The smallest absolute Gasteiger partial charge is 0.166 e. The zero-order valence-corrected chi connectivity index (χ0v) is 10.0. The van der Waals surface area contributed by atoms with Crippen LogP contribution >= 0.6 is 12.2 Å². The van der Waals surface area contributed by atoms with E-state index in [2.05, 4.69) is 0 Å². The van der Waals surface area contributed by atoms with Gasteiger partial charge < -0.3 is 15.5 Å². The third kappa shape index (κ3) is 2.63. The third-order valence-corrected chi connectivity index (χ3v) is 3.10. The van der Waals surface area contributed by atoms with E-state index >= 15 is 0 Å². The molecule has 1 saturated heterocycles. The van der Waals surface area contributed by atoms with Crippen LogP contribution in [0.2, 0.25) is 0 Å². The first-order chi connectivity index (χ1) is 8.08. The van der Waals surface area contributed by atoms with Crippen molar-refractivity contribution < 1.29 is 8.78 Å². The van der Waals surface area contributed by atoms with Gasteiger partial charge in [-0.15, -0.1) is 0 Å². The van der Waals surface area contributed by atoms with Crippen molar-refractivity contribution in [2.75, 3.05) is 31.1 Å². The van der Waals surface area contributed by atoms with Crippen LogP contribution in [0.15, 0.2) is 18.2 Å². The molecule has 1 aliphatic heterocycles. The predicted octanol–water partition coefficient (Wildman–Crippen LogP) is 1.33. The van der Waals surface area contributed by atoms with E-state index in [9.17, 15) is 8.78 Å². The molecule has 92 valence electrons. The fourth-order valence-electron chi connectivity index (χ4n) is 1.91. The highest BCUT2D eigenvalue weighted by atomic mass is 32.1. The number of anilines is 1. The van der Waals surface area contributed by atoms with Crippen molar-refractivity contribution in [3.8, 4) is 0 Å². The topological polar surface area (TPSA) is 32.5 Å². The van der Waals surface area contributed by atoms with Crippen molar-refractivity contribution >= 4 is 23.0 Å².